The van der Waals surface area contributed by atoms with Gasteiger partial charge in [0.1, 0.15) is 0 Å². The molecule has 0 aromatic heterocycles. The highest BCUT2D eigenvalue weighted by Crippen LogP contribution is 2.10. The minimum Gasteiger partial charge on any atom is -0.759 e. The van der Waals surface area contributed by atoms with E-state index in [-0.39, 0.29) is 0 Å². The van der Waals surface area contributed by atoms with E-state index in [1.54, 1.807) is 0 Å². The average molecular weight is 190 g/mol. The van der Waals surface area contributed by atoms with Crippen molar-refractivity contribution in [2.75, 3.05) is 6.54 Å². The number of nitrogens with zero attached hydrogens (tertiary/aromatic N) is 1. The maximum atomic E-state index is 11.2. The topological polar surface area (TPSA) is 26.3 Å². The predicted molar refractivity (Wildman–Crippen MR) is 59.7 cm³/mol. The first-order chi connectivity index (χ1) is 6.74. The second kappa shape index (κ2) is 5.45. The number of rotatable bonds is 5. The normalized spacial score (nSPS) is 9.86. The van der Waals surface area contributed by atoms with Gasteiger partial charge in [-0.2, -0.15) is 0 Å². The average Bonchev–Trinajstić information content (AvgIpc) is 2.26. The van der Waals surface area contributed by atoms with Crippen LogP contribution in [0.15, 0.2) is 42.6 Å². The maximum Gasteiger partial charge on any atom is 0.00247 e. The lowest BCUT2D eigenvalue weighted by Gasteiger charge is -2.31. The number of hydrogen-bond donors (Lipinski definition) is 0. The van der Waals surface area contributed by atoms with Crippen LogP contribution in [0.4, 0.5) is 0 Å². The molecule has 0 fully saturated rings. The summed E-state index contributed by atoms with van der Waals surface area (Å²) in [6, 6.07) is 10.1. The molecule has 0 radical (unpaired) electrons. The van der Waals surface area contributed by atoms with Crippen LogP contribution in [-0.2, 0) is 6.42 Å². The Bertz CT molecular complexity index is 282. The van der Waals surface area contributed by atoms with Gasteiger partial charge in [0.15, 0.2) is 0 Å². The SMILES string of the molecule is C=C(CCc1ccccc1)N([O-])CC. The van der Waals surface area contributed by atoms with Gasteiger partial charge in [-0.15, -0.1) is 0 Å². The molecule has 0 saturated heterocycles. The molecule has 0 atom stereocenters. The van der Waals surface area contributed by atoms with Gasteiger partial charge < -0.3 is 10.3 Å². The molecule has 0 heterocycles. The molecule has 1 aromatic carbocycles. The number of hydrogen-bond acceptors (Lipinski definition) is 2. The summed E-state index contributed by atoms with van der Waals surface area (Å²) in [4.78, 5) is 0. The second-order valence-electron chi connectivity index (χ2n) is 3.25. The van der Waals surface area contributed by atoms with Crippen LogP contribution in [0, 0.1) is 5.21 Å². The molecule has 14 heavy (non-hydrogen) atoms. The largest absolute Gasteiger partial charge is 0.759 e. The number of benzene rings is 1. The van der Waals surface area contributed by atoms with Crippen molar-refractivity contribution in [3.05, 3.63) is 53.4 Å². The van der Waals surface area contributed by atoms with Crippen LogP contribution in [0.5, 0.6) is 0 Å². The van der Waals surface area contributed by atoms with Crippen molar-refractivity contribution in [3.8, 4) is 0 Å². The minimum absolute atomic E-state index is 0.480. The predicted octanol–water partition coefficient (Wildman–Crippen LogP) is 2.95. The molecule has 0 N–H and O–H groups in total. The van der Waals surface area contributed by atoms with Gasteiger partial charge in [-0.05, 0) is 31.0 Å². The minimum atomic E-state index is 0.480. The Labute approximate surface area is 85.4 Å². The second-order valence-corrected chi connectivity index (χ2v) is 3.25. The molecule has 1 rings (SSSR count). The zero-order valence-electron chi connectivity index (χ0n) is 8.57. The molecule has 0 aliphatic rings. The lowest BCUT2D eigenvalue weighted by molar-refractivity contribution is 0.474. The smallest absolute Gasteiger partial charge is 0.00247 e. The van der Waals surface area contributed by atoms with Crippen LogP contribution in [0.25, 0.3) is 0 Å². The standard InChI is InChI=1S/C12H16NO/c1-3-13(14)11(2)9-10-12-7-5-4-6-8-12/h4-8H,2-3,9-10H2,1H3/q-1. The van der Waals surface area contributed by atoms with Crippen LogP contribution >= 0.6 is 0 Å². The van der Waals surface area contributed by atoms with E-state index in [1.165, 1.54) is 5.56 Å². The van der Waals surface area contributed by atoms with Crippen molar-refractivity contribution in [3.63, 3.8) is 0 Å². The first-order valence-electron chi connectivity index (χ1n) is 4.90. The zero-order valence-corrected chi connectivity index (χ0v) is 8.57. The van der Waals surface area contributed by atoms with Crippen molar-refractivity contribution < 1.29 is 0 Å². The molecule has 0 aliphatic carbocycles. The Morgan fingerprint density at radius 3 is 2.57 bits per heavy atom. The Balaban J connectivity index is 2.38. The molecule has 76 valence electrons. The van der Waals surface area contributed by atoms with Gasteiger partial charge in [-0.3, -0.25) is 0 Å². The Morgan fingerprint density at radius 2 is 2.00 bits per heavy atom. The third-order valence-corrected chi connectivity index (χ3v) is 2.18. The molecule has 0 bridgehead atoms. The maximum absolute atomic E-state index is 11.2. The van der Waals surface area contributed by atoms with E-state index in [2.05, 4.69) is 18.7 Å². The molecule has 0 unspecified atom stereocenters. The van der Waals surface area contributed by atoms with Crippen molar-refractivity contribution in [1.82, 2.24) is 5.06 Å². The van der Waals surface area contributed by atoms with Crippen LogP contribution in [0.3, 0.4) is 0 Å². The van der Waals surface area contributed by atoms with Gasteiger partial charge in [-0.25, -0.2) is 0 Å². The van der Waals surface area contributed by atoms with Crippen molar-refractivity contribution >= 4 is 0 Å². The molecule has 0 aliphatic heterocycles. The lowest BCUT2D eigenvalue weighted by Crippen LogP contribution is -2.14. The van der Waals surface area contributed by atoms with Gasteiger partial charge in [-0.1, -0.05) is 36.9 Å². The summed E-state index contributed by atoms with van der Waals surface area (Å²) in [5.74, 6) is 0. The van der Waals surface area contributed by atoms with E-state index < -0.39 is 0 Å². The third-order valence-electron chi connectivity index (χ3n) is 2.18. The highest BCUT2D eigenvalue weighted by atomic mass is 16.5. The number of allylic oxidation sites excluding steroid dienone is 1. The molecule has 2 nitrogen and oxygen atoms in total. The molecular weight excluding hydrogens is 174 g/mol. The van der Waals surface area contributed by atoms with Gasteiger partial charge >= 0.3 is 0 Å². The molecule has 0 amide bonds. The number of hydroxylamine groups is 2. The summed E-state index contributed by atoms with van der Waals surface area (Å²) in [6.07, 6.45) is 1.62. The van der Waals surface area contributed by atoms with Crippen LogP contribution in [0.2, 0.25) is 0 Å². The van der Waals surface area contributed by atoms with Crippen LogP contribution < -0.4 is 0 Å². The summed E-state index contributed by atoms with van der Waals surface area (Å²) in [6.45, 7) is 6.07. The van der Waals surface area contributed by atoms with Crippen molar-refractivity contribution in [2.45, 2.75) is 19.8 Å². The Morgan fingerprint density at radius 1 is 1.36 bits per heavy atom. The number of aryl methyl sites for hydroxylation is 1. The summed E-state index contributed by atoms with van der Waals surface area (Å²) in [7, 11) is 0. The zero-order chi connectivity index (χ0) is 10.4. The first-order valence-corrected chi connectivity index (χ1v) is 4.90. The third kappa shape index (κ3) is 3.23. The summed E-state index contributed by atoms with van der Waals surface area (Å²) < 4.78 is 0. The van der Waals surface area contributed by atoms with Crippen LogP contribution in [0.1, 0.15) is 18.9 Å². The fraction of sp³-hybridized carbons (Fsp3) is 0.333. The van der Waals surface area contributed by atoms with Gasteiger partial charge in [0.05, 0.1) is 0 Å². The fourth-order valence-corrected chi connectivity index (χ4v) is 1.28. The van der Waals surface area contributed by atoms with Crippen molar-refractivity contribution in [2.24, 2.45) is 0 Å². The monoisotopic (exact) mass is 190 g/mol. The van der Waals surface area contributed by atoms with E-state index in [0.717, 1.165) is 17.9 Å². The fourth-order valence-electron chi connectivity index (χ4n) is 1.28. The molecule has 0 spiro atoms. The Hall–Kier alpha value is -1.28. The Kier molecular flexibility index (Phi) is 4.20. The molecular formula is C12H16NO-. The lowest BCUT2D eigenvalue weighted by atomic mass is 10.1. The highest BCUT2D eigenvalue weighted by Gasteiger charge is 1.96. The highest BCUT2D eigenvalue weighted by molar-refractivity contribution is 5.16. The summed E-state index contributed by atoms with van der Waals surface area (Å²) >= 11 is 0. The van der Waals surface area contributed by atoms with Gasteiger partial charge in [0.25, 0.3) is 0 Å². The van der Waals surface area contributed by atoms with E-state index in [4.69, 9.17) is 0 Å². The van der Waals surface area contributed by atoms with Gasteiger partial charge in [0.2, 0.25) is 0 Å². The summed E-state index contributed by atoms with van der Waals surface area (Å²) in [5.41, 5.74) is 1.91. The molecule has 2 heteroatoms. The van der Waals surface area contributed by atoms with E-state index in [0.29, 0.717) is 12.2 Å². The summed E-state index contributed by atoms with van der Waals surface area (Å²) in [5, 5.41) is 12.1. The molecule has 1 aromatic rings. The quantitative estimate of drug-likeness (QED) is 0.667. The molecule has 0 saturated carbocycles. The first kappa shape index (κ1) is 10.8. The van der Waals surface area contributed by atoms with E-state index in [9.17, 15) is 5.21 Å². The van der Waals surface area contributed by atoms with Crippen LogP contribution in [-0.4, -0.2) is 11.6 Å². The van der Waals surface area contributed by atoms with Gasteiger partial charge in [0, 0.05) is 6.54 Å². The van der Waals surface area contributed by atoms with E-state index in [1.807, 2.05) is 25.1 Å². The van der Waals surface area contributed by atoms with E-state index >= 15 is 0 Å². The van der Waals surface area contributed by atoms with Crippen molar-refractivity contribution in [1.29, 1.82) is 0 Å².